The Morgan fingerprint density at radius 1 is 1.15 bits per heavy atom. The molecule has 0 aliphatic carbocycles. The molecule has 0 N–H and O–H groups in total. The number of nitrogens with zero attached hydrogens (tertiary/aromatic N) is 2. The van der Waals surface area contributed by atoms with Crippen molar-refractivity contribution in [2.45, 2.75) is 20.8 Å². The largest absolute Gasteiger partial charge is 0.494 e. The van der Waals surface area contributed by atoms with E-state index in [9.17, 15) is 9.65 Å². The Kier molecular flexibility index (Phi) is 5.42. The average molecular weight is 360 g/mol. The van der Waals surface area contributed by atoms with Gasteiger partial charge in [0.25, 0.3) is 0 Å². The second kappa shape index (κ2) is 7.92. The number of benzene rings is 2. The van der Waals surface area contributed by atoms with Crippen molar-refractivity contribution in [3.8, 4) is 17.5 Å². The van der Waals surface area contributed by atoms with Gasteiger partial charge in [-0.2, -0.15) is 5.26 Å². The molecule has 0 spiro atoms. The first-order valence-corrected chi connectivity index (χ1v) is 8.84. The first-order valence-electron chi connectivity index (χ1n) is 8.84. The number of allylic oxidation sites excluding steroid dienone is 1. The number of nitriles is 1. The molecule has 0 amide bonds. The summed E-state index contributed by atoms with van der Waals surface area (Å²) >= 11 is 0. The van der Waals surface area contributed by atoms with Crippen LogP contribution in [0.15, 0.2) is 54.6 Å². The molecule has 0 bridgehead atoms. The molecule has 27 heavy (non-hydrogen) atoms. The van der Waals surface area contributed by atoms with Gasteiger partial charge < -0.3 is 9.30 Å². The Bertz CT molecular complexity index is 1020. The van der Waals surface area contributed by atoms with E-state index in [1.165, 1.54) is 6.07 Å². The summed E-state index contributed by atoms with van der Waals surface area (Å²) in [5.41, 5.74) is 4.54. The normalized spacial score (nSPS) is 11.3. The van der Waals surface area contributed by atoms with Crippen molar-refractivity contribution in [1.82, 2.24) is 4.57 Å². The highest BCUT2D eigenvalue weighted by molar-refractivity contribution is 5.90. The molecule has 1 heterocycles. The fourth-order valence-electron chi connectivity index (χ4n) is 3.19. The van der Waals surface area contributed by atoms with Crippen LogP contribution in [0.1, 0.15) is 29.4 Å². The molecule has 136 valence electrons. The van der Waals surface area contributed by atoms with Crippen molar-refractivity contribution in [2.75, 3.05) is 6.61 Å². The molecule has 0 saturated heterocycles. The van der Waals surface area contributed by atoms with Gasteiger partial charge in [0.15, 0.2) is 0 Å². The molecule has 3 nitrogen and oxygen atoms in total. The molecule has 0 aliphatic heterocycles. The van der Waals surface area contributed by atoms with Crippen LogP contribution >= 0.6 is 0 Å². The fraction of sp³-hybridized carbons (Fsp3) is 0.174. The van der Waals surface area contributed by atoms with Gasteiger partial charge in [-0.1, -0.05) is 18.2 Å². The number of aryl methyl sites for hydroxylation is 1. The van der Waals surface area contributed by atoms with Gasteiger partial charge >= 0.3 is 0 Å². The van der Waals surface area contributed by atoms with E-state index in [4.69, 9.17) is 4.74 Å². The molecule has 2 aromatic carbocycles. The Morgan fingerprint density at radius 3 is 2.48 bits per heavy atom. The molecule has 0 saturated carbocycles. The van der Waals surface area contributed by atoms with Gasteiger partial charge in [0.05, 0.1) is 18.2 Å². The van der Waals surface area contributed by atoms with Crippen LogP contribution in [0.25, 0.3) is 17.3 Å². The predicted molar refractivity (Wildman–Crippen MR) is 106 cm³/mol. The van der Waals surface area contributed by atoms with E-state index >= 15 is 0 Å². The third kappa shape index (κ3) is 3.78. The van der Waals surface area contributed by atoms with Crippen molar-refractivity contribution >= 4 is 11.6 Å². The lowest BCUT2D eigenvalue weighted by Crippen LogP contribution is -1.99. The Balaban J connectivity index is 2.03. The maximum absolute atomic E-state index is 14.1. The Morgan fingerprint density at radius 2 is 1.85 bits per heavy atom. The van der Waals surface area contributed by atoms with Gasteiger partial charge in [0.1, 0.15) is 11.6 Å². The van der Waals surface area contributed by atoms with Crippen LogP contribution in [0, 0.1) is 31.0 Å². The van der Waals surface area contributed by atoms with Crippen LogP contribution in [0.5, 0.6) is 5.75 Å². The zero-order valence-electron chi connectivity index (χ0n) is 15.7. The molecular weight excluding hydrogens is 339 g/mol. The van der Waals surface area contributed by atoms with E-state index < -0.39 is 5.82 Å². The van der Waals surface area contributed by atoms with Crippen LogP contribution < -0.4 is 4.74 Å². The van der Waals surface area contributed by atoms with Gasteiger partial charge in [-0.25, -0.2) is 4.39 Å². The number of ether oxygens (including phenoxy) is 1. The fourth-order valence-corrected chi connectivity index (χ4v) is 3.19. The number of hydrogen-bond donors (Lipinski definition) is 0. The summed E-state index contributed by atoms with van der Waals surface area (Å²) in [5.74, 6) is 0.431. The Hall–Kier alpha value is -3.32. The monoisotopic (exact) mass is 360 g/mol. The molecule has 0 atom stereocenters. The van der Waals surface area contributed by atoms with Crippen LogP contribution in [0.2, 0.25) is 0 Å². The van der Waals surface area contributed by atoms with E-state index in [-0.39, 0.29) is 0 Å². The van der Waals surface area contributed by atoms with Crippen LogP contribution in [0.3, 0.4) is 0 Å². The zero-order valence-corrected chi connectivity index (χ0v) is 15.7. The number of hydrogen-bond acceptors (Lipinski definition) is 2. The quantitative estimate of drug-likeness (QED) is 0.548. The first kappa shape index (κ1) is 18.5. The summed E-state index contributed by atoms with van der Waals surface area (Å²) in [6, 6.07) is 18.3. The standard InChI is InChI=1S/C23H21FN2O/c1-4-27-21-11-9-20(10-12-21)26-16(2)13-18(17(26)3)14-19(15-25)22-7-5-6-8-23(22)24/h5-14H,4H2,1-3H3. The molecule has 4 heteroatoms. The van der Waals surface area contributed by atoms with Gasteiger partial charge in [-0.15, -0.1) is 0 Å². The molecule has 0 aliphatic rings. The van der Waals surface area contributed by atoms with Crippen molar-refractivity contribution in [1.29, 1.82) is 5.26 Å². The van der Waals surface area contributed by atoms with Gasteiger partial charge in [0.2, 0.25) is 0 Å². The first-order chi connectivity index (χ1) is 13.0. The zero-order chi connectivity index (χ0) is 19.4. The topological polar surface area (TPSA) is 38.0 Å². The van der Waals surface area contributed by atoms with Crippen LogP contribution in [-0.4, -0.2) is 11.2 Å². The third-order valence-electron chi connectivity index (χ3n) is 4.46. The number of aromatic nitrogens is 1. The lowest BCUT2D eigenvalue weighted by atomic mass is 10.0. The molecular formula is C23H21FN2O. The molecule has 0 radical (unpaired) electrons. The summed E-state index contributed by atoms with van der Waals surface area (Å²) in [6.45, 7) is 6.58. The second-order valence-corrected chi connectivity index (χ2v) is 6.24. The third-order valence-corrected chi connectivity index (χ3v) is 4.46. The minimum absolute atomic E-state index is 0.306. The van der Waals surface area contributed by atoms with E-state index in [0.717, 1.165) is 28.4 Å². The van der Waals surface area contributed by atoms with E-state index in [1.807, 2.05) is 51.1 Å². The highest BCUT2D eigenvalue weighted by Crippen LogP contribution is 2.27. The molecule has 0 fully saturated rings. The van der Waals surface area contributed by atoms with Crippen LogP contribution in [-0.2, 0) is 0 Å². The highest BCUT2D eigenvalue weighted by Gasteiger charge is 2.12. The van der Waals surface area contributed by atoms with Crippen molar-refractivity contribution in [2.24, 2.45) is 0 Å². The minimum Gasteiger partial charge on any atom is -0.494 e. The Labute approximate surface area is 159 Å². The van der Waals surface area contributed by atoms with Gasteiger partial charge in [0, 0.05) is 22.6 Å². The van der Waals surface area contributed by atoms with Crippen molar-refractivity contribution in [3.63, 3.8) is 0 Å². The molecule has 3 aromatic rings. The van der Waals surface area contributed by atoms with Gasteiger partial charge in [-0.3, -0.25) is 0 Å². The summed E-state index contributed by atoms with van der Waals surface area (Å²) in [5, 5.41) is 9.52. The average Bonchev–Trinajstić information content (AvgIpc) is 2.95. The second-order valence-electron chi connectivity index (χ2n) is 6.24. The smallest absolute Gasteiger partial charge is 0.131 e. The van der Waals surface area contributed by atoms with Crippen LogP contribution in [0.4, 0.5) is 4.39 Å². The summed E-state index contributed by atoms with van der Waals surface area (Å²) in [7, 11) is 0. The lowest BCUT2D eigenvalue weighted by Gasteiger charge is -2.11. The van der Waals surface area contributed by atoms with Crippen molar-refractivity contribution < 1.29 is 9.13 Å². The SMILES string of the molecule is CCOc1ccc(-n2c(C)cc(C=C(C#N)c3ccccc3F)c2C)cc1. The molecule has 0 unspecified atom stereocenters. The summed E-state index contributed by atoms with van der Waals surface area (Å²) in [4.78, 5) is 0. The highest BCUT2D eigenvalue weighted by atomic mass is 19.1. The predicted octanol–water partition coefficient (Wildman–Crippen LogP) is 5.70. The summed E-state index contributed by atoms with van der Waals surface area (Å²) < 4.78 is 21.7. The molecule has 1 aromatic heterocycles. The van der Waals surface area contributed by atoms with E-state index in [1.54, 1.807) is 24.3 Å². The molecule has 3 rings (SSSR count). The van der Waals surface area contributed by atoms with Crippen molar-refractivity contribution in [3.05, 3.63) is 82.9 Å². The maximum atomic E-state index is 14.1. The van der Waals surface area contributed by atoms with Gasteiger partial charge in [-0.05, 0) is 68.8 Å². The lowest BCUT2D eigenvalue weighted by molar-refractivity contribution is 0.340. The van der Waals surface area contributed by atoms with E-state index in [0.29, 0.717) is 17.7 Å². The summed E-state index contributed by atoms with van der Waals surface area (Å²) in [6.07, 6.45) is 1.74. The number of halogens is 1. The minimum atomic E-state index is -0.398. The number of rotatable bonds is 5. The maximum Gasteiger partial charge on any atom is 0.131 e. The van der Waals surface area contributed by atoms with E-state index in [2.05, 4.69) is 10.6 Å².